The second-order valence-corrected chi connectivity index (χ2v) is 13.8. The van der Waals surface area contributed by atoms with Gasteiger partial charge in [-0.25, -0.2) is 0 Å². The molecule has 1 aliphatic heterocycles. The Bertz CT molecular complexity index is 1250. The van der Waals surface area contributed by atoms with E-state index in [1.165, 1.54) is 11.9 Å². The molecule has 6 amide bonds. The van der Waals surface area contributed by atoms with Crippen molar-refractivity contribution in [3.05, 3.63) is 11.6 Å². The number of hydrogen-bond acceptors (Lipinski definition) is 10. The first-order chi connectivity index (χ1) is 24.2. The number of cyclic esters (lactones) is 1. The summed E-state index contributed by atoms with van der Waals surface area (Å²) in [7, 11) is 1.50. The molecule has 0 aromatic rings. The van der Waals surface area contributed by atoms with Gasteiger partial charge in [0.2, 0.25) is 35.4 Å². The second kappa shape index (κ2) is 22.0. The summed E-state index contributed by atoms with van der Waals surface area (Å²) in [6, 6.07) is -4.85. The van der Waals surface area contributed by atoms with E-state index in [2.05, 4.69) is 33.5 Å². The molecule has 1 heterocycles. The minimum absolute atomic E-state index is 0.248. The molecule has 16 heteroatoms. The molecule has 9 N–H and O–H groups in total. The topological polar surface area (TPSA) is 244 Å². The summed E-state index contributed by atoms with van der Waals surface area (Å²) < 4.78 is 5.77. The summed E-state index contributed by atoms with van der Waals surface area (Å²) in [5, 5.41) is 12.9. The molecule has 6 atom stereocenters. The minimum atomic E-state index is -1.38. The molecule has 0 aromatic heterocycles. The van der Waals surface area contributed by atoms with Crippen LogP contribution in [0.3, 0.4) is 0 Å². The number of carbonyl (C=O) groups is 7. The molecule has 16 nitrogen and oxygen atoms in total. The molecule has 0 spiro atoms. The first-order valence-corrected chi connectivity index (χ1v) is 18.2. The monoisotopic (exact) mass is 720 g/mol. The maximum absolute atomic E-state index is 14.1. The Kier molecular flexibility index (Phi) is 18.6. The van der Waals surface area contributed by atoms with E-state index in [0.717, 1.165) is 44.1 Å². The maximum atomic E-state index is 14.1. The average Bonchev–Trinajstić information content (AvgIpc) is 3.12. The molecule has 2 fully saturated rings. The molecule has 1 saturated heterocycles. The van der Waals surface area contributed by atoms with Crippen LogP contribution in [0.15, 0.2) is 11.6 Å². The third-order valence-electron chi connectivity index (χ3n) is 9.40. The number of allylic oxidation sites excluding steroid dienone is 1. The quantitative estimate of drug-likeness (QED) is 0.0819. The zero-order chi connectivity index (χ0) is 38.1. The Morgan fingerprint density at radius 3 is 2.18 bits per heavy atom. The molecule has 0 bridgehead atoms. The Labute approximate surface area is 301 Å². The van der Waals surface area contributed by atoms with Gasteiger partial charge in [0.1, 0.15) is 36.8 Å². The van der Waals surface area contributed by atoms with E-state index in [1.807, 2.05) is 0 Å². The summed E-state index contributed by atoms with van der Waals surface area (Å²) in [5.41, 5.74) is 12.1. The van der Waals surface area contributed by atoms with E-state index in [0.29, 0.717) is 25.7 Å². The van der Waals surface area contributed by atoms with Crippen LogP contribution in [0.2, 0.25) is 0 Å². The lowest BCUT2D eigenvalue weighted by Crippen LogP contribution is -2.62. The largest absolute Gasteiger partial charge is 0.460 e. The second-order valence-electron chi connectivity index (χ2n) is 13.8. The Hall–Kier alpha value is -4.05. The summed E-state index contributed by atoms with van der Waals surface area (Å²) >= 11 is 0. The molecular formula is C35H60N8O8. The minimum Gasteiger partial charge on any atom is -0.460 e. The number of carbonyl (C=O) groups excluding carboxylic acids is 7. The number of hydrogen-bond donors (Lipinski definition) is 7. The summed E-state index contributed by atoms with van der Waals surface area (Å²) in [6.45, 7) is 5.58. The van der Waals surface area contributed by atoms with Gasteiger partial charge in [0.25, 0.3) is 0 Å². The van der Waals surface area contributed by atoms with E-state index in [1.54, 1.807) is 26.8 Å². The van der Waals surface area contributed by atoms with Crippen molar-refractivity contribution in [1.82, 2.24) is 31.5 Å². The highest BCUT2D eigenvalue weighted by Gasteiger charge is 2.38. The predicted octanol–water partition coefficient (Wildman–Crippen LogP) is -0.504. The van der Waals surface area contributed by atoms with Crippen molar-refractivity contribution in [2.24, 2.45) is 23.3 Å². The number of nitrogens with two attached hydrogens (primary N) is 2. The Morgan fingerprint density at radius 2 is 1.57 bits per heavy atom. The molecule has 0 unspecified atom stereocenters. The highest BCUT2D eigenvalue weighted by Crippen LogP contribution is 2.27. The smallest absolute Gasteiger partial charge is 0.325 e. The number of unbranched alkanes of at least 4 members (excludes halogenated alkanes) is 3. The highest BCUT2D eigenvalue weighted by molar-refractivity contribution is 5.97. The van der Waals surface area contributed by atoms with Gasteiger partial charge in [0.15, 0.2) is 0 Å². The lowest BCUT2D eigenvalue weighted by molar-refractivity contribution is -0.157. The van der Waals surface area contributed by atoms with Crippen LogP contribution in [0.5, 0.6) is 0 Å². The number of nitrogens with zero attached hydrogens (tertiary/aromatic N) is 1. The van der Waals surface area contributed by atoms with Crippen molar-refractivity contribution < 1.29 is 38.3 Å². The zero-order valence-electron chi connectivity index (χ0n) is 30.9. The van der Waals surface area contributed by atoms with Gasteiger partial charge in [-0.2, -0.15) is 0 Å². The van der Waals surface area contributed by atoms with Gasteiger partial charge in [-0.05, 0) is 45.4 Å². The Morgan fingerprint density at radius 1 is 0.902 bits per heavy atom. The first kappa shape index (κ1) is 43.1. The van der Waals surface area contributed by atoms with E-state index in [9.17, 15) is 33.6 Å². The average molecular weight is 721 g/mol. The molecule has 288 valence electrons. The van der Waals surface area contributed by atoms with E-state index in [-0.39, 0.29) is 25.6 Å². The number of likely N-dealkylation sites (N-methyl/N-ethyl adjacent to an activating group) is 1. The number of rotatable bonds is 11. The molecular weight excluding hydrogens is 660 g/mol. The number of amides is 6. The third kappa shape index (κ3) is 13.9. The zero-order valence-corrected chi connectivity index (χ0v) is 30.9. The van der Waals surface area contributed by atoms with Gasteiger partial charge in [-0.15, -0.1) is 0 Å². The van der Waals surface area contributed by atoms with Crippen LogP contribution in [-0.4, -0.2) is 110 Å². The number of ether oxygens (including phenoxy) is 1. The van der Waals surface area contributed by atoms with Crippen LogP contribution in [0.4, 0.5) is 0 Å². The van der Waals surface area contributed by atoms with Crippen molar-refractivity contribution in [2.45, 2.75) is 122 Å². The van der Waals surface area contributed by atoms with Gasteiger partial charge in [-0.3, -0.25) is 33.6 Å². The van der Waals surface area contributed by atoms with Crippen molar-refractivity contribution in [1.29, 1.82) is 0 Å². The van der Waals surface area contributed by atoms with Crippen LogP contribution in [0.1, 0.15) is 91.9 Å². The standard InChI is InChI=1S/C35H60N8O8/c1-6-7-8-12-15-27-22(4)35(50)43(5)26(16-21(2)3)33(48)42-30(23-13-10-9-11-14-23)34(49)40-24(17-36)32(47)41-25(19-38-28(44)18-37)31(46)39-20-29(45)51-27/h16,22-27,30H,6-15,17-20,36-37H2,1-5H3,(H,38,44)(H,39,46)(H,40,49)(H,41,47)(H,42,48)/t22-,24+,25+,26+,27-,30+/m1/s1. The molecule has 1 aliphatic carbocycles. The van der Waals surface area contributed by atoms with Gasteiger partial charge in [0, 0.05) is 20.1 Å². The van der Waals surface area contributed by atoms with Crippen molar-refractivity contribution in [3.63, 3.8) is 0 Å². The predicted molar refractivity (Wildman–Crippen MR) is 190 cm³/mol. The van der Waals surface area contributed by atoms with E-state index < -0.39 is 84.1 Å². The van der Waals surface area contributed by atoms with Gasteiger partial charge < -0.3 is 47.7 Å². The van der Waals surface area contributed by atoms with E-state index >= 15 is 0 Å². The fraction of sp³-hybridized carbons (Fsp3) is 0.743. The lowest BCUT2D eigenvalue weighted by Gasteiger charge is -2.34. The normalized spacial score (nSPS) is 26.7. The summed E-state index contributed by atoms with van der Waals surface area (Å²) in [4.78, 5) is 95.0. The van der Waals surface area contributed by atoms with Crippen molar-refractivity contribution >= 4 is 41.4 Å². The molecule has 2 aliphatic rings. The fourth-order valence-corrected chi connectivity index (χ4v) is 6.34. The van der Waals surface area contributed by atoms with Crippen LogP contribution < -0.4 is 38.1 Å². The molecule has 0 aromatic carbocycles. The lowest BCUT2D eigenvalue weighted by atomic mass is 9.83. The highest BCUT2D eigenvalue weighted by atomic mass is 16.5. The molecule has 1 saturated carbocycles. The van der Waals surface area contributed by atoms with Crippen LogP contribution in [0.25, 0.3) is 0 Å². The van der Waals surface area contributed by atoms with Crippen LogP contribution in [0, 0.1) is 11.8 Å². The van der Waals surface area contributed by atoms with Crippen LogP contribution in [-0.2, 0) is 38.3 Å². The Balaban J connectivity index is 2.59. The maximum Gasteiger partial charge on any atom is 0.325 e. The van der Waals surface area contributed by atoms with Crippen molar-refractivity contribution in [2.75, 3.05) is 33.2 Å². The van der Waals surface area contributed by atoms with Gasteiger partial charge in [-0.1, -0.05) is 64.0 Å². The molecule has 0 radical (unpaired) electrons. The molecule has 2 rings (SSSR count). The van der Waals surface area contributed by atoms with Crippen molar-refractivity contribution in [3.8, 4) is 0 Å². The van der Waals surface area contributed by atoms with Crippen LogP contribution >= 0.6 is 0 Å². The van der Waals surface area contributed by atoms with Gasteiger partial charge >= 0.3 is 5.97 Å². The number of esters is 1. The SMILES string of the molecule is CCCCCC[C@H]1OC(=O)CNC(=O)[C@H](CNC(=O)CN)NC(=O)[C@H](CN)NC(=O)[C@H](C2CCCCC2)NC(=O)[C@H](C=C(C)C)N(C)C(=O)[C@@H]1C. The first-order valence-electron chi connectivity index (χ1n) is 18.2. The molecule has 51 heavy (non-hydrogen) atoms. The summed E-state index contributed by atoms with van der Waals surface area (Å²) in [6.07, 6.45) is 8.58. The summed E-state index contributed by atoms with van der Waals surface area (Å²) in [5.74, 6) is -5.84. The van der Waals surface area contributed by atoms with Gasteiger partial charge in [0.05, 0.1) is 12.5 Å². The van der Waals surface area contributed by atoms with E-state index in [4.69, 9.17) is 16.2 Å². The number of nitrogens with one attached hydrogen (secondary N) is 5. The fourth-order valence-electron chi connectivity index (χ4n) is 6.34. The third-order valence-corrected chi connectivity index (χ3v) is 9.40.